The topological polar surface area (TPSA) is 24.5 Å². The van der Waals surface area contributed by atoms with Crippen molar-refractivity contribution >= 4 is 0 Å². The lowest BCUT2D eigenvalue weighted by Crippen LogP contribution is -2.32. The average molecular weight is 276 g/mol. The highest BCUT2D eigenvalue weighted by Gasteiger charge is 2.25. The predicted molar refractivity (Wildman–Crippen MR) is 84.1 cm³/mol. The van der Waals surface area contributed by atoms with Gasteiger partial charge in [-0.15, -0.1) is 0 Å². The molecule has 2 unspecified atom stereocenters. The summed E-state index contributed by atoms with van der Waals surface area (Å²) in [6, 6.07) is 10.7. The van der Waals surface area contributed by atoms with Gasteiger partial charge in [0.25, 0.3) is 0 Å². The molecule has 112 valence electrons. The second-order valence-electron chi connectivity index (χ2n) is 5.76. The summed E-state index contributed by atoms with van der Waals surface area (Å²) >= 11 is 0. The van der Waals surface area contributed by atoms with E-state index >= 15 is 0 Å². The Morgan fingerprint density at radius 3 is 2.70 bits per heavy atom. The summed E-state index contributed by atoms with van der Waals surface area (Å²) < 4.78 is 6.08. The van der Waals surface area contributed by atoms with Crippen LogP contribution in [-0.4, -0.2) is 50.3 Å². The van der Waals surface area contributed by atoms with Gasteiger partial charge in [-0.05, 0) is 38.4 Å². The van der Waals surface area contributed by atoms with E-state index < -0.39 is 0 Å². The molecule has 3 heteroatoms. The van der Waals surface area contributed by atoms with Crippen LogP contribution in [0.4, 0.5) is 0 Å². The van der Waals surface area contributed by atoms with Crippen molar-refractivity contribution in [3.05, 3.63) is 35.9 Å². The summed E-state index contributed by atoms with van der Waals surface area (Å²) in [6.07, 6.45) is 4.35. The first-order chi connectivity index (χ1) is 9.78. The number of likely N-dealkylation sites (N-methyl/N-ethyl adjacent to an activating group) is 2. The van der Waals surface area contributed by atoms with E-state index in [-0.39, 0.29) is 0 Å². The van der Waals surface area contributed by atoms with Crippen LogP contribution in [0.25, 0.3) is 0 Å². The molecule has 3 nitrogen and oxygen atoms in total. The quantitative estimate of drug-likeness (QED) is 0.788. The van der Waals surface area contributed by atoms with E-state index in [0.29, 0.717) is 12.2 Å². The third-order valence-corrected chi connectivity index (χ3v) is 3.96. The first-order valence-corrected chi connectivity index (χ1v) is 7.86. The minimum absolute atomic E-state index is 0.416. The summed E-state index contributed by atoms with van der Waals surface area (Å²) in [5, 5.41) is 3.37. The molecule has 1 aromatic rings. The zero-order valence-electron chi connectivity index (χ0n) is 12.8. The molecule has 1 aromatic carbocycles. The molecule has 0 spiro atoms. The first kappa shape index (κ1) is 15.5. The van der Waals surface area contributed by atoms with E-state index in [9.17, 15) is 0 Å². The molecule has 1 heterocycles. The number of nitrogens with one attached hydrogen (secondary N) is 1. The van der Waals surface area contributed by atoms with Crippen molar-refractivity contribution in [2.24, 2.45) is 0 Å². The van der Waals surface area contributed by atoms with Crippen LogP contribution < -0.4 is 5.32 Å². The van der Waals surface area contributed by atoms with E-state index in [1.807, 2.05) is 0 Å². The van der Waals surface area contributed by atoms with Gasteiger partial charge in [-0.2, -0.15) is 0 Å². The van der Waals surface area contributed by atoms with Gasteiger partial charge in [0.15, 0.2) is 0 Å². The molecule has 1 aliphatic rings. The smallest absolute Gasteiger partial charge is 0.0707 e. The lowest BCUT2D eigenvalue weighted by molar-refractivity contribution is 0.0283. The molecule has 0 aliphatic carbocycles. The standard InChI is InChI=1S/C17H28N2O/c1-3-18-13-16-9-10-17(20-16)14-19(2)12-11-15-7-5-4-6-8-15/h4-8,16-18H,3,9-14H2,1-2H3. The first-order valence-electron chi connectivity index (χ1n) is 7.86. The number of nitrogens with zero attached hydrogens (tertiary/aromatic N) is 1. The lowest BCUT2D eigenvalue weighted by atomic mass is 10.1. The van der Waals surface area contributed by atoms with Gasteiger partial charge in [0.2, 0.25) is 0 Å². The van der Waals surface area contributed by atoms with Gasteiger partial charge in [-0.25, -0.2) is 0 Å². The molecule has 1 aliphatic heterocycles. The third-order valence-electron chi connectivity index (χ3n) is 3.96. The third kappa shape index (κ3) is 5.23. The summed E-state index contributed by atoms with van der Waals surface area (Å²) in [6.45, 7) is 6.32. The maximum Gasteiger partial charge on any atom is 0.0707 e. The van der Waals surface area contributed by atoms with Crippen LogP contribution in [0.3, 0.4) is 0 Å². The van der Waals surface area contributed by atoms with Gasteiger partial charge in [0.05, 0.1) is 12.2 Å². The predicted octanol–water partition coefficient (Wildman–Crippen LogP) is 2.32. The molecule has 1 fully saturated rings. The van der Waals surface area contributed by atoms with Crippen molar-refractivity contribution in [2.45, 2.75) is 38.4 Å². The monoisotopic (exact) mass is 276 g/mol. The SMILES string of the molecule is CCNCC1CCC(CN(C)CCc2ccccc2)O1. The van der Waals surface area contributed by atoms with Gasteiger partial charge in [-0.1, -0.05) is 37.3 Å². The van der Waals surface area contributed by atoms with Crippen molar-refractivity contribution in [2.75, 3.05) is 33.2 Å². The Bertz CT molecular complexity index is 369. The molecule has 0 aromatic heterocycles. The van der Waals surface area contributed by atoms with Gasteiger partial charge >= 0.3 is 0 Å². The zero-order valence-corrected chi connectivity index (χ0v) is 12.8. The Morgan fingerprint density at radius 1 is 1.20 bits per heavy atom. The Balaban J connectivity index is 1.64. The maximum absolute atomic E-state index is 6.08. The maximum atomic E-state index is 6.08. The van der Waals surface area contributed by atoms with Crippen molar-refractivity contribution < 1.29 is 4.74 Å². The van der Waals surface area contributed by atoms with Crippen molar-refractivity contribution in [1.29, 1.82) is 0 Å². The van der Waals surface area contributed by atoms with Crippen LogP contribution in [0.15, 0.2) is 30.3 Å². The molecule has 0 saturated carbocycles. The Kier molecular flexibility index (Phi) is 6.51. The minimum atomic E-state index is 0.416. The van der Waals surface area contributed by atoms with E-state index in [2.05, 4.69) is 54.5 Å². The molecular formula is C17H28N2O. The van der Waals surface area contributed by atoms with Crippen molar-refractivity contribution in [3.8, 4) is 0 Å². The second-order valence-corrected chi connectivity index (χ2v) is 5.76. The highest BCUT2D eigenvalue weighted by molar-refractivity contribution is 5.14. The van der Waals surface area contributed by atoms with Crippen LogP contribution in [0, 0.1) is 0 Å². The van der Waals surface area contributed by atoms with E-state index in [1.165, 1.54) is 18.4 Å². The Labute approximate surface area is 123 Å². The molecule has 2 rings (SSSR count). The summed E-state index contributed by atoms with van der Waals surface area (Å²) in [4.78, 5) is 2.40. The Morgan fingerprint density at radius 2 is 1.95 bits per heavy atom. The summed E-state index contributed by atoms with van der Waals surface area (Å²) in [5.74, 6) is 0. The fraction of sp³-hybridized carbons (Fsp3) is 0.647. The largest absolute Gasteiger partial charge is 0.372 e. The van der Waals surface area contributed by atoms with Crippen molar-refractivity contribution in [1.82, 2.24) is 10.2 Å². The molecule has 0 bridgehead atoms. The van der Waals surface area contributed by atoms with Gasteiger partial charge in [0, 0.05) is 19.6 Å². The van der Waals surface area contributed by atoms with Crippen LogP contribution in [0.2, 0.25) is 0 Å². The van der Waals surface area contributed by atoms with E-state index in [4.69, 9.17) is 4.74 Å². The average Bonchev–Trinajstić information content (AvgIpc) is 2.91. The molecule has 20 heavy (non-hydrogen) atoms. The van der Waals surface area contributed by atoms with Crippen molar-refractivity contribution in [3.63, 3.8) is 0 Å². The summed E-state index contributed by atoms with van der Waals surface area (Å²) in [5.41, 5.74) is 1.41. The summed E-state index contributed by atoms with van der Waals surface area (Å²) in [7, 11) is 2.20. The number of ether oxygens (including phenoxy) is 1. The zero-order chi connectivity index (χ0) is 14.2. The molecule has 0 amide bonds. The van der Waals surface area contributed by atoms with E-state index in [0.717, 1.165) is 32.6 Å². The molecule has 2 atom stereocenters. The molecule has 1 saturated heterocycles. The molecule has 0 radical (unpaired) electrons. The van der Waals surface area contributed by atoms with Crippen LogP contribution in [0.5, 0.6) is 0 Å². The number of rotatable bonds is 8. The van der Waals surface area contributed by atoms with Crippen LogP contribution in [-0.2, 0) is 11.2 Å². The Hall–Kier alpha value is -0.900. The minimum Gasteiger partial charge on any atom is -0.372 e. The van der Waals surface area contributed by atoms with Gasteiger partial charge in [0.1, 0.15) is 0 Å². The highest BCUT2D eigenvalue weighted by atomic mass is 16.5. The fourth-order valence-corrected chi connectivity index (χ4v) is 2.77. The lowest BCUT2D eigenvalue weighted by Gasteiger charge is -2.21. The highest BCUT2D eigenvalue weighted by Crippen LogP contribution is 2.19. The normalized spacial score (nSPS) is 22.6. The van der Waals surface area contributed by atoms with Crippen LogP contribution >= 0.6 is 0 Å². The van der Waals surface area contributed by atoms with Gasteiger partial charge < -0.3 is 15.0 Å². The fourth-order valence-electron chi connectivity index (χ4n) is 2.77. The van der Waals surface area contributed by atoms with Crippen LogP contribution in [0.1, 0.15) is 25.3 Å². The molecular weight excluding hydrogens is 248 g/mol. The number of benzene rings is 1. The molecule has 1 N–H and O–H groups in total. The van der Waals surface area contributed by atoms with Gasteiger partial charge in [-0.3, -0.25) is 0 Å². The number of hydrogen-bond donors (Lipinski definition) is 1. The number of hydrogen-bond acceptors (Lipinski definition) is 3. The van der Waals surface area contributed by atoms with E-state index in [1.54, 1.807) is 0 Å². The second kappa shape index (κ2) is 8.40.